The van der Waals surface area contributed by atoms with E-state index in [1.54, 1.807) is 17.0 Å². The van der Waals surface area contributed by atoms with Crippen molar-refractivity contribution in [2.75, 3.05) is 11.9 Å². The van der Waals surface area contributed by atoms with Crippen LogP contribution in [0.4, 0.5) is 10.2 Å². The first-order valence-electron chi connectivity index (χ1n) is 12.9. The Kier molecular flexibility index (Phi) is 5.24. The Morgan fingerprint density at radius 1 is 1.06 bits per heavy atom. The first kappa shape index (κ1) is 22.6. The number of benzene rings is 1. The zero-order valence-corrected chi connectivity index (χ0v) is 20.5. The summed E-state index contributed by atoms with van der Waals surface area (Å²) in [5.74, 6) is 2.04. The van der Waals surface area contributed by atoms with E-state index in [9.17, 15) is 14.0 Å². The van der Waals surface area contributed by atoms with Gasteiger partial charge in [-0.3, -0.25) is 9.59 Å². The summed E-state index contributed by atoms with van der Waals surface area (Å²) in [5.41, 5.74) is 1.24. The number of carbonyl (C=O) groups is 2. The number of rotatable bonds is 4. The van der Waals surface area contributed by atoms with Crippen molar-refractivity contribution in [3.8, 4) is 0 Å². The van der Waals surface area contributed by atoms with Gasteiger partial charge in [0.1, 0.15) is 18.0 Å². The quantitative estimate of drug-likeness (QED) is 0.674. The van der Waals surface area contributed by atoms with Crippen molar-refractivity contribution in [2.45, 2.75) is 65.3 Å². The van der Waals surface area contributed by atoms with Crippen molar-refractivity contribution < 1.29 is 14.0 Å². The number of aromatic nitrogens is 2. The van der Waals surface area contributed by atoms with E-state index in [1.165, 1.54) is 37.7 Å². The Hall–Kier alpha value is -2.83. The van der Waals surface area contributed by atoms with Crippen molar-refractivity contribution >= 4 is 17.6 Å². The van der Waals surface area contributed by atoms with Crippen LogP contribution in [0.5, 0.6) is 0 Å². The molecule has 0 radical (unpaired) electrons. The minimum Gasteiger partial charge on any atom is -0.332 e. The first-order chi connectivity index (χ1) is 16.8. The Balaban J connectivity index is 1.21. The molecule has 35 heavy (non-hydrogen) atoms. The molecule has 184 valence electrons. The van der Waals surface area contributed by atoms with Gasteiger partial charge in [-0.25, -0.2) is 14.4 Å². The van der Waals surface area contributed by atoms with E-state index in [0.29, 0.717) is 24.5 Å². The second-order valence-electron chi connectivity index (χ2n) is 11.9. The van der Waals surface area contributed by atoms with Gasteiger partial charge in [-0.1, -0.05) is 26.0 Å². The maximum Gasteiger partial charge on any atom is 0.257 e. The molecule has 1 aliphatic heterocycles. The van der Waals surface area contributed by atoms with Crippen molar-refractivity contribution in [3.63, 3.8) is 0 Å². The summed E-state index contributed by atoms with van der Waals surface area (Å²) < 4.78 is 14.2. The molecule has 0 saturated heterocycles. The van der Waals surface area contributed by atoms with Gasteiger partial charge in [0.15, 0.2) is 0 Å². The van der Waals surface area contributed by atoms with Gasteiger partial charge in [-0.2, -0.15) is 0 Å². The van der Waals surface area contributed by atoms with Crippen LogP contribution in [0.3, 0.4) is 0 Å². The number of anilines is 1. The van der Waals surface area contributed by atoms with Gasteiger partial charge in [0.2, 0.25) is 5.91 Å². The summed E-state index contributed by atoms with van der Waals surface area (Å²) >= 11 is 0. The predicted molar refractivity (Wildman–Crippen MR) is 130 cm³/mol. The van der Waals surface area contributed by atoms with Crippen LogP contribution < -0.4 is 5.32 Å². The largest absolute Gasteiger partial charge is 0.332 e. The van der Waals surface area contributed by atoms with Crippen LogP contribution in [0.2, 0.25) is 0 Å². The van der Waals surface area contributed by atoms with Crippen molar-refractivity contribution in [2.24, 2.45) is 28.6 Å². The average molecular weight is 477 g/mol. The number of nitrogens with one attached hydrogen (secondary N) is 1. The van der Waals surface area contributed by atoms with Gasteiger partial charge in [-0.05, 0) is 80.2 Å². The van der Waals surface area contributed by atoms with Crippen LogP contribution in [0.1, 0.15) is 74.0 Å². The van der Waals surface area contributed by atoms with E-state index in [2.05, 4.69) is 29.1 Å². The SMILES string of the molecule is CC(C)(C(=O)Nc1ncnc2c1CCN(C(=O)c1ccccc1F)C2)C12CC3CC(CC(C3)C1)C2. The molecule has 6 nitrogen and oxygen atoms in total. The molecule has 7 rings (SSSR count). The molecule has 1 N–H and O–H groups in total. The number of carbonyl (C=O) groups excluding carboxylic acids is 2. The van der Waals surface area contributed by atoms with Gasteiger partial charge in [0.25, 0.3) is 5.91 Å². The highest BCUT2D eigenvalue weighted by Gasteiger charge is 2.59. The Labute approximate surface area is 205 Å². The molecule has 4 bridgehead atoms. The lowest BCUT2D eigenvalue weighted by molar-refractivity contribution is -0.151. The van der Waals surface area contributed by atoms with Gasteiger partial charge >= 0.3 is 0 Å². The lowest BCUT2D eigenvalue weighted by Gasteiger charge is -2.61. The third-order valence-electron chi connectivity index (χ3n) is 9.56. The van der Waals surface area contributed by atoms with E-state index in [0.717, 1.165) is 42.6 Å². The van der Waals surface area contributed by atoms with Gasteiger partial charge < -0.3 is 10.2 Å². The monoisotopic (exact) mass is 476 g/mol. The molecule has 2 heterocycles. The number of hydrogen-bond donors (Lipinski definition) is 1. The van der Waals surface area contributed by atoms with Crippen LogP contribution in [-0.2, 0) is 17.8 Å². The lowest BCUT2D eigenvalue weighted by atomic mass is 9.43. The number of halogens is 1. The maximum atomic E-state index is 14.2. The minimum atomic E-state index is -0.522. The molecular formula is C28H33FN4O2. The van der Waals surface area contributed by atoms with Crippen LogP contribution in [0.15, 0.2) is 30.6 Å². The highest BCUT2D eigenvalue weighted by Crippen LogP contribution is 2.66. The van der Waals surface area contributed by atoms with E-state index in [-0.39, 0.29) is 29.3 Å². The highest BCUT2D eigenvalue weighted by molar-refractivity contribution is 5.96. The van der Waals surface area contributed by atoms with E-state index < -0.39 is 11.2 Å². The van der Waals surface area contributed by atoms with Crippen molar-refractivity contribution in [1.82, 2.24) is 14.9 Å². The molecule has 4 aliphatic carbocycles. The molecule has 0 spiro atoms. The number of amides is 2. The zero-order valence-electron chi connectivity index (χ0n) is 20.5. The molecule has 7 heteroatoms. The molecular weight excluding hydrogens is 443 g/mol. The molecule has 0 atom stereocenters. The summed E-state index contributed by atoms with van der Waals surface area (Å²) in [4.78, 5) is 37.1. The fourth-order valence-electron chi connectivity index (χ4n) is 7.82. The minimum absolute atomic E-state index is 0.0326. The van der Waals surface area contributed by atoms with Crippen molar-refractivity contribution in [1.29, 1.82) is 0 Å². The summed E-state index contributed by atoms with van der Waals surface area (Å²) in [6.07, 6.45) is 9.49. The molecule has 0 unspecified atom stereocenters. The number of fused-ring (bicyclic) bond motifs is 1. The Bertz CT molecular complexity index is 1160. The molecule has 2 amide bonds. The number of nitrogens with zero attached hydrogens (tertiary/aromatic N) is 3. The molecule has 1 aromatic carbocycles. The molecule has 5 aliphatic rings. The third-order valence-corrected chi connectivity index (χ3v) is 9.56. The summed E-state index contributed by atoms with van der Waals surface area (Å²) in [6.45, 7) is 4.94. The lowest BCUT2D eigenvalue weighted by Crippen LogP contribution is -2.56. The fourth-order valence-corrected chi connectivity index (χ4v) is 7.82. The first-order valence-corrected chi connectivity index (χ1v) is 12.9. The second kappa shape index (κ2) is 8.10. The average Bonchev–Trinajstić information content (AvgIpc) is 2.83. The zero-order chi connectivity index (χ0) is 24.4. The molecule has 1 aromatic heterocycles. The van der Waals surface area contributed by atoms with E-state index >= 15 is 0 Å². The fraction of sp³-hybridized carbons (Fsp3) is 0.571. The van der Waals surface area contributed by atoms with E-state index in [4.69, 9.17) is 0 Å². The molecule has 4 fully saturated rings. The normalized spacial score (nSPS) is 29.1. The topological polar surface area (TPSA) is 75.2 Å². The van der Waals surface area contributed by atoms with Crippen LogP contribution in [0.25, 0.3) is 0 Å². The maximum absolute atomic E-state index is 14.2. The summed E-state index contributed by atoms with van der Waals surface area (Å²) in [5, 5.41) is 3.17. The smallest absolute Gasteiger partial charge is 0.257 e. The van der Waals surface area contributed by atoms with Gasteiger partial charge in [0, 0.05) is 17.5 Å². The predicted octanol–water partition coefficient (Wildman–Crippen LogP) is 5.00. The second-order valence-corrected chi connectivity index (χ2v) is 11.9. The Morgan fingerprint density at radius 3 is 2.37 bits per heavy atom. The van der Waals surface area contributed by atoms with Gasteiger partial charge in [-0.15, -0.1) is 0 Å². The summed E-state index contributed by atoms with van der Waals surface area (Å²) in [7, 11) is 0. The standard InChI is InChI=1S/C28H33FN4O2/c1-27(2,28-12-17-9-18(13-28)11-19(10-17)14-28)26(35)32-24-21-7-8-33(15-23(21)30-16-31-24)25(34)20-5-3-4-6-22(20)29/h3-6,16-19H,7-15H2,1-2H3,(H,30,31,32,35). The highest BCUT2D eigenvalue weighted by atomic mass is 19.1. The summed E-state index contributed by atoms with van der Waals surface area (Å²) in [6, 6.07) is 6.04. The van der Waals surface area contributed by atoms with Crippen LogP contribution in [0, 0.1) is 34.4 Å². The van der Waals surface area contributed by atoms with E-state index in [1.807, 2.05) is 0 Å². The molecule has 4 saturated carbocycles. The Morgan fingerprint density at radius 2 is 1.71 bits per heavy atom. The van der Waals surface area contributed by atoms with Crippen LogP contribution >= 0.6 is 0 Å². The molecule has 2 aromatic rings. The van der Waals surface area contributed by atoms with Crippen molar-refractivity contribution in [3.05, 3.63) is 53.2 Å². The van der Waals surface area contributed by atoms with Crippen LogP contribution in [-0.4, -0.2) is 33.2 Å². The third kappa shape index (κ3) is 3.66. The van der Waals surface area contributed by atoms with Gasteiger partial charge in [0.05, 0.1) is 17.8 Å². The number of hydrogen-bond acceptors (Lipinski definition) is 4.